The molecule has 0 bridgehead atoms. The number of hydrogen-bond acceptors (Lipinski definition) is 3. The van der Waals surface area contributed by atoms with Gasteiger partial charge >= 0.3 is 0 Å². The number of carbonyl (C=O) groups is 1. The molecule has 0 saturated carbocycles. The van der Waals surface area contributed by atoms with Crippen LogP contribution in [0.3, 0.4) is 0 Å². The van der Waals surface area contributed by atoms with Crippen molar-refractivity contribution >= 4 is 17.7 Å². The molecular formula is C15H22N2OS. The predicted octanol–water partition coefficient (Wildman–Crippen LogP) is 1.91. The Labute approximate surface area is 119 Å². The van der Waals surface area contributed by atoms with E-state index in [9.17, 15) is 4.79 Å². The average Bonchev–Trinajstić information content (AvgIpc) is 2.47. The van der Waals surface area contributed by atoms with Gasteiger partial charge in [-0.05, 0) is 18.4 Å². The van der Waals surface area contributed by atoms with Gasteiger partial charge in [-0.3, -0.25) is 4.79 Å². The van der Waals surface area contributed by atoms with Gasteiger partial charge in [-0.25, -0.2) is 0 Å². The zero-order valence-corrected chi connectivity index (χ0v) is 12.2. The summed E-state index contributed by atoms with van der Waals surface area (Å²) in [5.74, 6) is 1.13. The van der Waals surface area contributed by atoms with Crippen LogP contribution in [0, 0.1) is 0 Å². The standard InChI is InChI=1S/C15H22N2OS/c1-2-13-11-17(8-9-19-13)15(18)14(16)10-12-6-4-3-5-7-12/h3-7,13-14H,2,8-11,16H2,1H3/t13?,14-/m1/s1. The molecule has 2 rings (SSSR count). The molecule has 1 heterocycles. The van der Waals surface area contributed by atoms with Gasteiger partial charge in [0.2, 0.25) is 5.91 Å². The van der Waals surface area contributed by atoms with Gasteiger partial charge in [0, 0.05) is 24.1 Å². The molecule has 1 saturated heterocycles. The molecule has 1 unspecified atom stereocenters. The number of thioether (sulfide) groups is 1. The molecule has 0 aromatic heterocycles. The van der Waals surface area contributed by atoms with Crippen molar-refractivity contribution in [3.8, 4) is 0 Å². The number of nitrogens with zero attached hydrogens (tertiary/aromatic N) is 1. The first-order chi connectivity index (χ1) is 9.20. The highest BCUT2D eigenvalue weighted by Gasteiger charge is 2.26. The van der Waals surface area contributed by atoms with E-state index in [1.165, 1.54) is 0 Å². The van der Waals surface area contributed by atoms with Crippen LogP contribution in [0.2, 0.25) is 0 Å². The summed E-state index contributed by atoms with van der Waals surface area (Å²) in [7, 11) is 0. The van der Waals surface area contributed by atoms with Crippen molar-refractivity contribution < 1.29 is 4.79 Å². The molecule has 0 spiro atoms. The Morgan fingerprint density at radius 3 is 2.89 bits per heavy atom. The minimum absolute atomic E-state index is 0.0996. The lowest BCUT2D eigenvalue weighted by atomic mass is 10.1. The average molecular weight is 278 g/mol. The van der Waals surface area contributed by atoms with E-state index in [1.54, 1.807) is 0 Å². The highest BCUT2D eigenvalue weighted by molar-refractivity contribution is 8.00. The molecule has 1 fully saturated rings. The number of carbonyl (C=O) groups excluding carboxylic acids is 1. The number of nitrogens with two attached hydrogens (primary N) is 1. The van der Waals surface area contributed by atoms with Gasteiger partial charge in [-0.15, -0.1) is 0 Å². The monoisotopic (exact) mass is 278 g/mol. The van der Waals surface area contributed by atoms with Crippen molar-refractivity contribution in [2.45, 2.75) is 31.1 Å². The summed E-state index contributed by atoms with van der Waals surface area (Å²) in [6.07, 6.45) is 1.74. The zero-order valence-electron chi connectivity index (χ0n) is 11.4. The summed E-state index contributed by atoms with van der Waals surface area (Å²) in [4.78, 5) is 14.3. The number of amides is 1. The Morgan fingerprint density at radius 2 is 2.21 bits per heavy atom. The van der Waals surface area contributed by atoms with Gasteiger partial charge in [0.15, 0.2) is 0 Å². The van der Waals surface area contributed by atoms with E-state index in [-0.39, 0.29) is 5.91 Å². The number of hydrogen-bond donors (Lipinski definition) is 1. The van der Waals surface area contributed by atoms with Crippen molar-refractivity contribution in [1.82, 2.24) is 4.90 Å². The molecule has 1 aliphatic rings. The molecule has 2 atom stereocenters. The van der Waals surface area contributed by atoms with E-state index < -0.39 is 6.04 Å². The summed E-state index contributed by atoms with van der Waals surface area (Å²) in [6.45, 7) is 3.86. The summed E-state index contributed by atoms with van der Waals surface area (Å²) in [5.41, 5.74) is 7.20. The van der Waals surface area contributed by atoms with Crippen LogP contribution in [0.1, 0.15) is 18.9 Å². The molecule has 3 nitrogen and oxygen atoms in total. The summed E-state index contributed by atoms with van der Waals surface area (Å²) in [6, 6.07) is 9.57. The molecule has 19 heavy (non-hydrogen) atoms. The molecule has 1 aromatic rings. The van der Waals surface area contributed by atoms with Crippen molar-refractivity contribution in [2.75, 3.05) is 18.8 Å². The Balaban J connectivity index is 1.91. The van der Waals surface area contributed by atoms with Crippen LogP contribution in [0.4, 0.5) is 0 Å². The first-order valence-electron chi connectivity index (χ1n) is 6.90. The second-order valence-corrected chi connectivity index (χ2v) is 6.39. The normalized spacial score (nSPS) is 21.2. The molecule has 1 aliphatic heterocycles. The molecule has 104 valence electrons. The van der Waals surface area contributed by atoms with Crippen molar-refractivity contribution in [1.29, 1.82) is 0 Å². The fourth-order valence-corrected chi connectivity index (χ4v) is 3.54. The van der Waals surface area contributed by atoms with Crippen LogP contribution in [0.25, 0.3) is 0 Å². The van der Waals surface area contributed by atoms with E-state index in [0.29, 0.717) is 11.7 Å². The van der Waals surface area contributed by atoms with Crippen LogP contribution < -0.4 is 5.73 Å². The summed E-state index contributed by atoms with van der Waals surface area (Å²) in [5, 5.41) is 0.571. The molecule has 1 aromatic carbocycles. The molecule has 0 radical (unpaired) electrons. The topological polar surface area (TPSA) is 46.3 Å². The van der Waals surface area contributed by atoms with Crippen LogP contribution in [-0.4, -0.2) is 40.9 Å². The fraction of sp³-hybridized carbons (Fsp3) is 0.533. The Kier molecular flexibility index (Phi) is 5.28. The van der Waals surface area contributed by atoms with E-state index in [2.05, 4.69) is 6.92 Å². The van der Waals surface area contributed by atoms with E-state index in [4.69, 9.17) is 5.73 Å². The second kappa shape index (κ2) is 6.96. The minimum atomic E-state index is -0.414. The fourth-order valence-electron chi connectivity index (χ4n) is 2.36. The Morgan fingerprint density at radius 1 is 1.47 bits per heavy atom. The molecule has 0 aliphatic carbocycles. The third-order valence-corrected chi connectivity index (χ3v) is 4.89. The molecule has 1 amide bonds. The van der Waals surface area contributed by atoms with Gasteiger partial charge in [0.1, 0.15) is 0 Å². The van der Waals surface area contributed by atoms with Crippen LogP contribution in [0.5, 0.6) is 0 Å². The van der Waals surface area contributed by atoms with E-state index >= 15 is 0 Å². The lowest BCUT2D eigenvalue weighted by Gasteiger charge is -2.33. The van der Waals surface area contributed by atoms with E-state index in [1.807, 2.05) is 47.0 Å². The third-order valence-electron chi connectivity index (χ3n) is 3.52. The van der Waals surface area contributed by atoms with Gasteiger partial charge < -0.3 is 10.6 Å². The molecule has 2 N–H and O–H groups in total. The first kappa shape index (κ1) is 14.4. The van der Waals surface area contributed by atoms with Crippen molar-refractivity contribution in [2.24, 2.45) is 5.73 Å². The maximum Gasteiger partial charge on any atom is 0.239 e. The quantitative estimate of drug-likeness (QED) is 0.915. The summed E-state index contributed by atoms with van der Waals surface area (Å²) < 4.78 is 0. The number of benzene rings is 1. The summed E-state index contributed by atoms with van der Waals surface area (Å²) >= 11 is 1.97. The van der Waals surface area contributed by atoms with Crippen molar-refractivity contribution in [3.63, 3.8) is 0 Å². The largest absolute Gasteiger partial charge is 0.339 e. The third kappa shape index (κ3) is 3.98. The SMILES string of the molecule is CCC1CN(C(=O)[C@H](N)Cc2ccccc2)CCS1. The second-order valence-electron chi connectivity index (χ2n) is 4.98. The number of rotatable bonds is 4. The Bertz CT molecular complexity index is 410. The maximum atomic E-state index is 12.4. The van der Waals surface area contributed by atoms with Crippen LogP contribution in [0.15, 0.2) is 30.3 Å². The highest BCUT2D eigenvalue weighted by atomic mass is 32.2. The van der Waals surface area contributed by atoms with Gasteiger partial charge in [0.25, 0.3) is 0 Å². The predicted molar refractivity (Wildman–Crippen MR) is 81.2 cm³/mol. The van der Waals surface area contributed by atoms with Crippen molar-refractivity contribution in [3.05, 3.63) is 35.9 Å². The first-order valence-corrected chi connectivity index (χ1v) is 7.95. The van der Waals surface area contributed by atoms with Gasteiger partial charge in [-0.2, -0.15) is 11.8 Å². The minimum Gasteiger partial charge on any atom is -0.339 e. The van der Waals surface area contributed by atoms with E-state index in [0.717, 1.165) is 30.8 Å². The smallest absolute Gasteiger partial charge is 0.239 e. The molecule has 4 heteroatoms. The highest BCUT2D eigenvalue weighted by Crippen LogP contribution is 2.21. The lowest BCUT2D eigenvalue weighted by molar-refractivity contribution is -0.132. The Hall–Kier alpha value is -1.00. The van der Waals surface area contributed by atoms with Crippen LogP contribution >= 0.6 is 11.8 Å². The maximum absolute atomic E-state index is 12.4. The van der Waals surface area contributed by atoms with Gasteiger partial charge in [-0.1, -0.05) is 37.3 Å². The zero-order chi connectivity index (χ0) is 13.7. The van der Waals surface area contributed by atoms with Crippen LogP contribution in [-0.2, 0) is 11.2 Å². The molecular weight excluding hydrogens is 256 g/mol. The van der Waals surface area contributed by atoms with Gasteiger partial charge in [0.05, 0.1) is 6.04 Å². The lowest BCUT2D eigenvalue weighted by Crippen LogP contribution is -2.49.